The number of carbonyl (C=O) groups excluding carboxylic acids is 3. The van der Waals surface area contributed by atoms with E-state index in [0.29, 0.717) is 38.4 Å². The van der Waals surface area contributed by atoms with Crippen LogP contribution in [0.2, 0.25) is 15.1 Å². The van der Waals surface area contributed by atoms with Gasteiger partial charge in [0.2, 0.25) is 5.91 Å². The number of hydrogen-bond acceptors (Lipinski definition) is 6. The SMILES string of the molecule is COc1cc(/C=C2\SC(=O)N(CC(=O)Nc3cccc(C)c3)C2=O)cc(Cl)c1OCc1ccc(Cl)cc1Cl. The van der Waals surface area contributed by atoms with E-state index >= 15 is 0 Å². The van der Waals surface area contributed by atoms with Crippen LogP contribution in [0.1, 0.15) is 16.7 Å². The largest absolute Gasteiger partial charge is 0.493 e. The molecule has 11 heteroatoms. The molecule has 3 amide bonds. The number of ether oxygens (including phenoxy) is 2. The molecule has 3 aromatic rings. The van der Waals surface area contributed by atoms with Crippen LogP contribution in [0, 0.1) is 6.92 Å². The number of aryl methyl sites for hydroxylation is 1. The molecule has 0 bridgehead atoms. The Labute approximate surface area is 238 Å². The molecule has 0 radical (unpaired) electrons. The normalized spacial score (nSPS) is 14.2. The average Bonchev–Trinajstić information content (AvgIpc) is 3.11. The highest BCUT2D eigenvalue weighted by atomic mass is 35.5. The molecule has 0 atom stereocenters. The van der Waals surface area contributed by atoms with Crippen LogP contribution in [-0.4, -0.2) is 35.6 Å². The third kappa shape index (κ3) is 6.63. The Balaban J connectivity index is 1.47. The molecule has 7 nitrogen and oxygen atoms in total. The highest BCUT2D eigenvalue weighted by Gasteiger charge is 2.36. The van der Waals surface area contributed by atoms with Crippen molar-refractivity contribution in [3.05, 3.63) is 91.3 Å². The Morgan fingerprint density at radius 1 is 1.05 bits per heavy atom. The summed E-state index contributed by atoms with van der Waals surface area (Å²) >= 11 is 19.4. The van der Waals surface area contributed by atoms with Gasteiger partial charge in [-0.1, -0.05) is 53.0 Å². The number of halogens is 3. The number of carbonyl (C=O) groups is 3. The molecule has 4 rings (SSSR count). The lowest BCUT2D eigenvalue weighted by Crippen LogP contribution is -2.36. The summed E-state index contributed by atoms with van der Waals surface area (Å²) in [4.78, 5) is 38.9. The maximum Gasteiger partial charge on any atom is 0.294 e. The van der Waals surface area contributed by atoms with Gasteiger partial charge in [0, 0.05) is 21.3 Å². The Morgan fingerprint density at radius 3 is 2.55 bits per heavy atom. The molecule has 1 saturated heterocycles. The van der Waals surface area contributed by atoms with Crippen molar-refractivity contribution >= 4 is 75.4 Å². The third-order valence-electron chi connectivity index (χ3n) is 5.41. The number of imide groups is 1. The number of thioether (sulfide) groups is 1. The molecule has 38 heavy (non-hydrogen) atoms. The molecule has 1 aliphatic rings. The lowest BCUT2D eigenvalue weighted by molar-refractivity contribution is -0.127. The maximum atomic E-state index is 12.9. The number of benzene rings is 3. The summed E-state index contributed by atoms with van der Waals surface area (Å²) < 4.78 is 11.3. The van der Waals surface area contributed by atoms with Crippen LogP contribution in [0.4, 0.5) is 10.5 Å². The zero-order valence-corrected chi connectivity index (χ0v) is 23.3. The van der Waals surface area contributed by atoms with Crippen LogP contribution >= 0.6 is 46.6 Å². The van der Waals surface area contributed by atoms with Crippen molar-refractivity contribution in [2.75, 3.05) is 19.0 Å². The first-order valence-electron chi connectivity index (χ1n) is 11.2. The fraction of sp³-hybridized carbons (Fsp3) is 0.148. The van der Waals surface area contributed by atoms with Gasteiger partial charge in [0.05, 0.1) is 17.0 Å². The first kappa shape index (κ1) is 27.9. The van der Waals surface area contributed by atoms with Gasteiger partial charge in [-0.3, -0.25) is 19.3 Å². The minimum atomic E-state index is -0.577. The summed E-state index contributed by atoms with van der Waals surface area (Å²) in [6, 6.07) is 15.5. The van der Waals surface area contributed by atoms with Crippen molar-refractivity contribution in [2.24, 2.45) is 0 Å². The van der Waals surface area contributed by atoms with E-state index in [4.69, 9.17) is 44.3 Å². The van der Waals surface area contributed by atoms with Gasteiger partial charge >= 0.3 is 0 Å². The van der Waals surface area contributed by atoms with E-state index in [2.05, 4.69) is 5.32 Å². The van der Waals surface area contributed by atoms with Gasteiger partial charge in [-0.05, 0) is 72.3 Å². The topological polar surface area (TPSA) is 84.9 Å². The van der Waals surface area contributed by atoms with E-state index < -0.39 is 23.6 Å². The summed E-state index contributed by atoms with van der Waals surface area (Å²) in [7, 11) is 1.46. The fourth-order valence-electron chi connectivity index (χ4n) is 3.61. The van der Waals surface area contributed by atoms with Gasteiger partial charge in [0.1, 0.15) is 13.2 Å². The summed E-state index contributed by atoms with van der Waals surface area (Å²) in [5.41, 5.74) is 2.77. The molecule has 196 valence electrons. The van der Waals surface area contributed by atoms with Crippen molar-refractivity contribution in [1.29, 1.82) is 0 Å². The van der Waals surface area contributed by atoms with Crippen molar-refractivity contribution < 1.29 is 23.9 Å². The van der Waals surface area contributed by atoms with Crippen LogP contribution in [0.15, 0.2) is 59.5 Å². The van der Waals surface area contributed by atoms with Gasteiger partial charge < -0.3 is 14.8 Å². The Hall–Kier alpha value is -3.17. The van der Waals surface area contributed by atoms with Gasteiger partial charge in [-0.15, -0.1) is 0 Å². The van der Waals surface area contributed by atoms with Gasteiger partial charge in [-0.25, -0.2) is 0 Å². The highest BCUT2D eigenvalue weighted by Crippen LogP contribution is 2.39. The number of nitrogens with zero attached hydrogens (tertiary/aromatic N) is 1. The fourth-order valence-corrected chi connectivity index (χ4v) is 5.18. The summed E-state index contributed by atoms with van der Waals surface area (Å²) in [5.74, 6) is -0.442. The van der Waals surface area contributed by atoms with Crippen LogP contribution in [-0.2, 0) is 16.2 Å². The Bertz CT molecular complexity index is 1460. The predicted molar refractivity (Wildman–Crippen MR) is 151 cm³/mol. The smallest absolute Gasteiger partial charge is 0.294 e. The molecule has 3 aromatic carbocycles. The quantitative estimate of drug-likeness (QED) is 0.279. The Morgan fingerprint density at radius 2 is 1.84 bits per heavy atom. The minimum Gasteiger partial charge on any atom is -0.493 e. The molecule has 1 heterocycles. The van der Waals surface area contributed by atoms with Crippen LogP contribution in [0.3, 0.4) is 0 Å². The van der Waals surface area contributed by atoms with E-state index in [1.807, 2.05) is 13.0 Å². The lowest BCUT2D eigenvalue weighted by Gasteiger charge is -2.14. The second kappa shape index (κ2) is 12.1. The van der Waals surface area contributed by atoms with Crippen LogP contribution in [0.5, 0.6) is 11.5 Å². The van der Waals surface area contributed by atoms with Crippen molar-refractivity contribution in [2.45, 2.75) is 13.5 Å². The molecule has 1 N–H and O–H groups in total. The summed E-state index contributed by atoms with van der Waals surface area (Å²) in [6.45, 7) is 1.61. The number of hydrogen-bond donors (Lipinski definition) is 1. The van der Waals surface area contributed by atoms with Crippen LogP contribution in [0.25, 0.3) is 6.08 Å². The molecular weight excluding hydrogens is 571 g/mol. The number of rotatable bonds is 8. The number of nitrogens with one attached hydrogen (secondary N) is 1. The van der Waals surface area contributed by atoms with E-state index in [9.17, 15) is 14.4 Å². The van der Waals surface area contributed by atoms with Crippen molar-refractivity contribution in [3.63, 3.8) is 0 Å². The number of methoxy groups -OCH3 is 1. The Kier molecular flexibility index (Phi) is 8.89. The summed E-state index contributed by atoms with van der Waals surface area (Å²) in [5, 5.41) is 3.35. The maximum absolute atomic E-state index is 12.9. The second-order valence-corrected chi connectivity index (χ2v) is 10.5. The summed E-state index contributed by atoms with van der Waals surface area (Å²) in [6.07, 6.45) is 1.51. The van der Waals surface area contributed by atoms with E-state index in [1.165, 1.54) is 13.2 Å². The van der Waals surface area contributed by atoms with Crippen molar-refractivity contribution in [1.82, 2.24) is 4.90 Å². The van der Waals surface area contributed by atoms with E-state index in [1.54, 1.807) is 48.5 Å². The van der Waals surface area contributed by atoms with E-state index in [-0.39, 0.29) is 16.5 Å². The number of anilines is 1. The molecule has 1 aliphatic heterocycles. The van der Waals surface area contributed by atoms with Gasteiger partial charge in [0.25, 0.3) is 11.1 Å². The molecular formula is C27H21Cl3N2O5S. The average molecular weight is 592 g/mol. The predicted octanol–water partition coefficient (Wildman–Crippen LogP) is 7.22. The molecule has 0 aromatic heterocycles. The molecule has 0 spiro atoms. The minimum absolute atomic E-state index is 0.120. The van der Waals surface area contributed by atoms with Crippen molar-refractivity contribution in [3.8, 4) is 11.5 Å². The molecule has 0 aliphatic carbocycles. The van der Waals surface area contributed by atoms with Crippen LogP contribution < -0.4 is 14.8 Å². The van der Waals surface area contributed by atoms with Gasteiger partial charge in [0.15, 0.2) is 11.5 Å². The molecule has 1 fully saturated rings. The lowest BCUT2D eigenvalue weighted by atomic mass is 10.1. The first-order valence-corrected chi connectivity index (χ1v) is 13.2. The van der Waals surface area contributed by atoms with Gasteiger partial charge in [-0.2, -0.15) is 0 Å². The third-order valence-corrected chi connectivity index (χ3v) is 7.19. The number of amides is 3. The highest BCUT2D eigenvalue weighted by molar-refractivity contribution is 8.18. The zero-order chi connectivity index (χ0) is 27.4. The zero-order valence-electron chi connectivity index (χ0n) is 20.2. The first-order chi connectivity index (χ1) is 18.1. The molecule has 0 unspecified atom stereocenters. The standard InChI is InChI=1S/C27H21Cl3N2O5S/c1-15-4-3-5-19(8-15)31-24(33)13-32-26(34)23(38-27(32)35)11-16-9-21(30)25(22(10-16)36-2)37-14-17-6-7-18(28)12-20(17)29/h3-12H,13-14H2,1-2H3,(H,31,33)/b23-11-. The second-order valence-electron chi connectivity index (χ2n) is 8.24. The van der Waals surface area contributed by atoms with E-state index in [0.717, 1.165) is 22.2 Å². The monoisotopic (exact) mass is 590 g/mol. The molecule has 0 saturated carbocycles.